The van der Waals surface area contributed by atoms with Crippen LogP contribution in [0.5, 0.6) is 5.75 Å². The average Bonchev–Trinajstić information content (AvgIpc) is 2.99. The first kappa shape index (κ1) is 8.85. The van der Waals surface area contributed by atoms with E-state index < -0.39 is 0 Å². The van der Waals surface area contributed by atoms with Gasteiger partial charge in [0.15, 0.2) is 0 Å². The van der Waals surface area contributed by atoms with E-state index in [2.05, 4.69) is 0 Å². The number of epoxide rings is 1. The molecular formula is C10H11ClO2. The van der Waals surface area contributed by atoms with Crippen molar-refractivity contribution >= 4 is 11.6 Å². The molecule has 1 fully saturated rings. The van der Waals surface area contributed by atoms with Gasteiger partial charge >= 0.3 is 0 Å². The monoisotopic (exact) mass is 198 g/mol. The summed E-state index contributed by atoms with van der Waals surface area (Å²) in [5.41, 5.74) is 0.914. The van der Waals surface area contributed by atoms with Crippen LogP contribution in [0.15, 0.2) is 24.3 Å². The molecule has 2 nitrogen and oxygen atoms in total. The predicted octanol–water partition coefficient (Wildman–Crippen LogP) is 2.16. The minimum Gasteiger partial charge on any atom is -0.497 e. The summed E-state index contributed by atoms with van der Waals surface area (Å²) < 4.78 is 10.4. The summed E-state index contributed by atoms with van der Waals surface area (Å²) in [6, 6.07) is 7.83. The average molecular weight is 199 g/mol. The smallest absolute Gasteiger partial charge is 0.130 e. The number of halogens is 1. The van der Waals surface area contributed by atoms with Crippen LogP contribution in [0.1, 0.15) is 5.56 Å². The normalized spacial score (nSPS) is 25.7. The molecule has 2 rings (SSSR count). The second-order valence-corrected chi connectivity index (χ2v) is 3.41. The fourth-order valence-corrected chi connectivity index (χ4v) is 1.61. The van der Waals surface area contributed by atoms with Crippen LogP contribution in [0.2, 0.25) is 0 Å². The SMILES string of the molecule is COc1ccc(C2(CCl)CO2)cc1. The molecule has 0 saturated carbocycles. The lowest BCUT2D eigenvalue weighted by atomic mass is 10.0. The molecule has 3 heteroatoms. The van der Waals surface area contributed by atoms with E-state index in [-0.39, 0.29) is 5.60 Å². The molecule has 0 bridgehead atoms. The second kappa shape index (κ2) is 3.20. The number of benzene rings is 1. The van der Waals surface area contributed by atoms with Crippen molar-refractivity contribution in [2.45, 2.75) is 5.60 Å². The highest BCUT2D eigenvalue weighted by molar-refractivity contribution is 6.18. The number of ether oxygens (including phenoxy) is 2. The van der Waals surface area contributed by atoms with Gasteiger partial charge in [0.05, 0.1) is 19.6 Å². The van der Waals surface area contributed by atoms with E-state index in [1.165, 1.54) is 0 Å². The number of hydrogen-bond acceptors (Lipinski definition) is 2. The molecule has 1 heterocycles. The molecule has 0 spiro atoms. The zero-order chi connectivity index (χ0) is 9.31. The quantitative estimate of drug-likeness (QED) is 0.549. The van der Waals surface area contributed by atoms with Gasteiger partial charge in [-0.15, -0.1) is 11.6 Å². The Labute approximate surface area is 82.4 Å². The number of methoxy groups -OCH3 is 1. The van der Waals surface area contributed by atoms with Gasteiger partial charge in [0.2, 0.25) is 0 Å². The third kappa shape index (κ3) is 1.52. The number of rotatable bonds is 3. The summed E-state index contributed by atoms with van der Waals surface area (Å²) >= 11 is 5.81. The summed E-state index contributed by atoms with van der Waals surface area (Å²) in [7, 11) is 1.65. The van der Waals surface area contributed by atoms with Crippen molar-refractivity contribution in [3.05, 3.63) is 29.8 Å². The highest BCUT2D eigenvalue weighted by Gasteiger charge is 2.45. The molecule has 1 aliphatic rings. The summed E-state index contributed by atoms with van der Waals surface area (Å²) in [5, 5.41) is 0. The lowest BCUT2D eigenvalue weighted by molar-refractivity contribution is 0.332. The third-order valence-electron chi connectivity index (χ3n) is 2.32. The predicted molar refractivity (Wildman–Crippen MR) is 51.3 cm³/mol. The Morgan fingerprint density at radius 3 is 2.46 bits per heavy atom. The van der Waals surface area contributed by atoms with Crippen LogP contribution >= 0.6 is 11.6 Å². The van der Waals surface area contributed by atoms with Gasteiger partial charge in [-0.1, -0.05) is 12.1 Å². The molecule has 0 radical (unpaired) electrons. The number of hydrogen-bond donors (Lipinski definition) is 0. The maximum atomic E-state index is 5.81. The summed E-state index contributed by atoms with van der Waals surface area (Å²) in [6.07, 6.45) is 0. The van der Waals surface area contributed by atoms with Crippen molar-refractivity contribution in [3.8, 4) is 5.75 Å². The first-order valence-electron chi connectivity index (χ1n) is 4.15. The molecule has 0 N–H and O–H groups in total. The molecule has 1 aromatic rings. The van der Waals surface area contributed by atoms with E-state index in [1.807, 2.05) is 24.3 Å². The highest BCUT2D eigenvalue weighted by Crippen LogP contribution is 2.40. The molecule has 1 saturated heterocycles. The molecule has 1 aromatic carbocycles. The highest BCUT2D eigenvalue weighted by atomic mass is 35.5. The first-order valence-corrected chi connectivity index (χ1v) is 4.69. The maximum absolute atomic E-state index is 5.81. The molecule has 0 aliphatic carbocycles. The van der Waals surface area contributed by atoms with Crippen molar-refractivity contribution in [2.75, 3.05) is 19.6 Å². The fourth-order valence-electron chi connectivity index (χ4n) is 1.30. The van der Waals surface area contributed by atoms with E-state index in [9.17, 15) is 0 Å². The summed E-state index contributed by atoms with van der Waals surface area (Å²) in [5.74, 6) is 1.37. The Hall–Kier alpha value is -0.730. The van der Waals surface area contributed by atoms with Crippen LogP contribution in [0.25, 0.3) is 0 Å². The van der Waals surface area contributed by atoms with Crippen LogP contribution in [0.4, 0.5) is 0 Å². The van der Waals surface area contributed by atoms with Gasteiger partial charge in [0.25, 0.3) is 0 Å². The Morgan fingerprint density at radius 1 is 1.46 bits per heavy atom. The van der Waals surface area contributed by atoms with Gasteiger partial charge in [-0.3, -0.25) is 0 Å². The molecular weight excluding hydrogens is 188 g/mol. The van der Waals surface area contributed by atoms with Gasteiger partial charge in [0.1, 0.15) is 11.4 Å². The van der Waals surface area contributed by atoms with Crippen LogP contribution < -0.4 is 4.74 Å². The van der Waals surface area contributed by atoms with Gasteiger partial charge in [-0.05, 0) is 17.7 Å². The minimum atomic E-state index is -0.214. The molecule has 1 unspecified atom stereocenters. The largest absolute Gasteiger partial charge is 0.497 e. The van der Waals surface area contributed by atoms with Crippen molar-refractivity contribution in [1.29, 1.82) is 0 Å². The lowest BCUT2D eigenvalue weighted by Crippen LogP contribution is -2.09. The molecule has 70 valence electrons. The summed E-state index contributed by atoms with van der Waals surface area (Å²) in [4.78, 5) is 0. The minimum absolute atomic E-state index is 0.214. The van der Waals surface area contributed by atoms with Crippen molar-refractivity contribution in [1.82, 2.24) is 0 Å². The fraction of sp³-hybridized carbons (Fsp3) is 0.400. The Kier molecular flexibility index (Phi) is 2.18. The van der Waals surface area contributed by atoms with Gasteiger partial charge in [0, 0.05) is 0 Å². The van der Waals surface area contributed by atoms with E-state index in [1.54, 1.807) is 7.11 Å². The Bertz CT molecular complexity index is 290. The van der Waals surface area contributed by atoms with Crippen LogP contribution in [-0.4, -0.2) is 19.6 Å². The second-order valence-electron chi connectivity index (χ2n) is 3.15. The van der Waals surface area contributed by atoms with Crippen LogP contribution in [-0.2, 0) is 10.3 Å². The van der Waals surface area contributed by atoms with Gasteiger partial charge in [-0.25, -0.2) is 0 Å². The van der Waals surface area contributed by atoms with E-state index >= 15 is 0 Å². The third-order valence-corrected chi connectivity index (χ3v) is 2.76. The molecule has 0 aromatic heterocycles. The standard InChI is InChI=1S/C10H11ClO2/c1-12-9-4-2-8(3-5-9)10(6-11)7-13-10/h2-5H,6-7H2,1H3. The Morgan fingerprint density at radius 2 is 2.08 bits per heavy atom. The zero-order valence-electron chi connectivity index (χ0n) is 7.42. The lowest BCUT2D eigenvalue weighted by Gasteiger charge is -2.08. The topological polar surface area (TPSA) is 21.8 Å². The zero-order valence-corrected chi connectivity index (χ0v) is 8.17. The van der Waals surface area contributed by atoms with Crippen LogP contribution in [0, 0.1) is 0 Å². The first-order chi connectivity index (χ1) is 6.30. The van der Waals surface area contributed by atoms with Crippen molar-refractivity contribution < 1.29 is 9.47 Å². The van der Waals surface area contributed by atoms with Crippen molar-refractivity contribution in [2.24, 2.45) is 0 Å². The number of alkyl halides is 1. The van der Waals surface area contributed by atoms with Gasteiger partial charge in [-0.2, -0.15) is 0 Å². The summed E-state index contributed by atoms with van der Waals surface area (Å²) in [6.45, 7) is 0.725. The van der Waals surface area contributed by atoms with Crippen LogP contribution in [0.3, 0.4) is 0 Å². The molecule has 1 atom stereocenters. The Balaban J connectivity index is 2.23. The van der Waals surface area contributed by atoms with E-state index in [0.29, 0.717) is 5.88 Å². The van der Waals surface area contributed by atoms with E-state index in [0.717, 1.165) is 17.9 Å². The molecule has 1 aliphatic heterocycles. The maximum Gasteiger partial charge on any atom is 0.130 e. The van der Waals surface area contributed by atoms with Crippen molar-refractivity contribution in [3.63, 3.8) is 0 Å². The van der Waals surface area contributed by atoms with E-state index in [4.69, 9.17) is 21.1 Å². The van der Waals surface area contributed by atoms with Gasteiger partial charge < -0.3 is 9.47 Å². The molecule has 13 heavy (non-hydrogen) atoms. The molecule has 0 amide bonds.